The van der Waals surface area contributed by atoms with Gasteiger partial charge in [0.1, 0.15) is 17.3 Å². The van der Waals surface area contributed by atoms with Crippen molar-refractivity contribution >= 4 is 34.2 Å². The Morgan fingerprint density at radius 2 is 2.04 bits per heavy atom. The number of pyridine rings is 2. The van der Waals surface area contributed by atoms with E-state index in [4.69, 9.17) is 0 Å². The fourth-order valence-electron chi connectivity index (χ4n) is 1.91. The van der Waals surface area contributed by atoms with Gasteiger partial charge in [0, 0.05) is 24.7 Å². The summed E-state index contributed by atoms with van der Waals surface area (Å²) >= 11 is 1.23. The third kappa shape index (κ3) is 3.67. The van der Waals surface area contributed by atoms with E-state index in [-0.39, 0.29) is 5.91 Å². The standard InChI is InChI=1S/C15H14N6OS/c1-9-5-4-8-16-13(9)19-15-20-14(21-23-15)11-6-3-7-12(18-11)17-10(2)22/h3-8H,1-2H3,(H,17,18,22)(H,16,19,20,21). The number of rotatable bonds is 4. The van der Waals surface area contributed by atoms with E-state index in [1.165, 1.54) is 18.5 Å². The largest absolute Gasteiger partial charge is 0.315 e. The molecular weight excluding hydrogens is 312 g/mol. The lowest BCUT2D eigenvalue weighted by Crippen LogP contribution is -2.07. The topological polar surface area (TPSA) is 92.7 Å². The van der Waals surface area contributed by atoms with Gasteiger partial charge in [-0.05, 0) is 30.7 Å². The first-order chi connectivity index (χ1) is 11.1. The normalized spacial score (nSPS) is 10.3. The molecule has 3 rings (SSSR count). The van der Waals surface area contributed by atoms with Crippen molar-refractivity contribution in [2.75, 3.05) is 10.6 Å². The summed E-state index contributed by atoms with van der Waals surface area (Å²) in [5.74, 6) is 1.54. The minimum Gasteiger partial charge on any atom is -0.315 e. The number of nitrogens with one attached hydrogen (secondary N) is 2. The number of aryl methyl sites for hydroxylation is 1. The van der Waals surface area contributed by atoms with Gasteiger partial charge < -0.3 is 10.6 Å². The average Bonchev–Trinajstić information content (AvgIpc) is 2.98. The molecule has 0 atom stereocenters. The van der Waals surface area contributed by atoms with Crippen LogP contribution in [0.4, 0.5) is 16.8 Å². The molecule has 0 bridgehead atoms. The van der Waals surface area contributed by atoms with Gasteiger partial charge in [-0.3, -0.25) is 4.79 Å². The number of aromatic nitrogens is 4. The number of amides is 1. The Balaban J connectivity index is 1.82. The van der Waals surface area contributed by atoms with Gasteiger partial charge in [0.05, 0.1) is 0 Å². The van der Waals surface area contributed by atoms with Crippen molar-refractivity contribution in [1.29, 1.82) is 0 Å². The second-order valence-corrected chi connectivity index (χ2v) is 5.56. The molecule has 116 valence electrons. The van der Waals surface area contributed by atoms with Crippen LogP contribution in [0.25, 0.3) is 11.5 Å². The van der Waals surface area contributed by atoms with E-state index in [0.717, 1.165) is 11.4 Å². The van der Waals surface area contributed by atoms with Gasteiger partial charge in [0.15, 0.2) is 5.82 Å². The lowest BCUT2D eigenvalue weighted by atomic mass is 10.3. The molecule has 0 aliphatic heterocycles. The van der Waals surface area contributed by atoms with E-state index in [2.05, 4.69) is 30.0 Å². The molecule has 0 aliphatic rings. The highest BCUT2D eigenvalue weighted by atomic mass is 32.1. The van der Waals surface area contributed by atoms with Crippen LogP contribution in [0.5, 0.6) is 0 Å². The molecule has 0 fully saturated rings. The third-order valence-corrected chi connectivity index (χ3v) is 3.57. The number of carbonyl (C=O) groups is 1. The summed E-state index contributed by atoms with van der Waals surface area (Å²) in [6.45, 7) is 3.41. The molecule has 23 heavy (non-hydrogen) atoms. The van der Waals surface area contributed by atoms with Crippen LogP contribution in [0.15, 0.2) is 36.5 Å². The van der Waals surface area contributed by atoms with E-state index >= 15 is 0 Å². The highest BCUT2D eigenvalue weighted by Crippen LogP contribution is 2.24. The van der Waals surface area contributed by atoms with Crippen molar-refractivity contribution in [3.63, 3.8) is 0 Å². The quantitative estimate of drug-likeness (QED) is 0.765. The number of carbonyl (C=O) groups excluding carboxylic acids is 1. The molecule has 3 aromatic rings. The Kier molecular flexibility index (Phi) is 4.24. The molecular formula is C15H14N6OS. The SMILES string of the molecule is CC(=O)Nc1cccc(-c2nsc(Nc3ncccc3C)n2)n1. The minimum absolute atomic E-state index is 0.172. The smallest absolute Gasteiger partial charge is 0.222 e. The zero-order valence-electron chi connectivity index (χ0n) is 12.6. The van der Waals surface area contributed by atoms with Crippen LogP contribution in [-0.2, 0) is 4.79 Å². The summed E-state index contributed by atoms with van der Waals surface area (Å²) in [6, 6.07) is 9.15. The van der Waals surface area contributed by atoms with Crippen LogP contribution >= 0.6 is 11.5 Å². The van der Waals surface area contributed by atoms with E-state index in [9.17, 15) is 4.79 Å². The van der Waals surface area contributed by atoms with Gasteiger partial charge in [-0.1, -0.05) is 12.1 Å². The number of nitrogens with zero attached hydrogens (tertiary/aromatic N) is 4. The molecule has 3 heterocycles. The van der Waals surface area contributed by atoms with Gasteiger partial charge in [-0.15, -0.1) is 0 Å². The maximum atomic E-state index is 11.1. The Labute approximate surface area is 137 Å². The summed E-state index contributed by atoms with van der Waals surface area (Å²) in [5, 5.41) is 6.42. The van der Waals surface area contributed by atoms with E-state index < -0.39 is 0 Å². The first kappa shape index (κ1) is 15.0. The van der Waals surface area contributed by atoms with Crippen LogP contribution in [0.3, 0.4) is 0 Å². The van der Waals surface area contributed by atoms with Crippen LogP contribution in [0.2, 0.25) is 0 Å². The van der Waals surface area contributed by atoms with Crippen molar-refractivity contribution in [3.8, 4) is 11.5 Å². The van der Waals surface area contributed by atoms with Crippen molar-refractivity contribution in [1.82, 2.24) is 19.3 Å². The molecule has 0 unspecified atom stereocenters. The maximum Gasteiger partial charge on any atom is 0.222 e. The number of anilines is 3. The second-order valence-electron chi connectivity index (χ2n) is 4.81. The summed E-state index contributed by atoms with van der Waals surface area (Å²) in [6.07, 6.45) is 1.72. The Morgan fingerprint density at radius 3 is 2.83 bits per heavy atom. The number of hydrogen-bond donors (Lipinski definition) is 2. The molecule has 8 heteroatoms. The maximum absolute atomic E-state index is 11.1. The van der Waals surface area contributed by atoms with Gasteiger partial charge in [0.2, 0.25) is 11.0 Å². The van der Waals surface area contributed by atoms with Crippen LogP contribution in [0, 0.1) is 6.92 Å². The highest BCUT2D eigenvalue weighted by Gasteiger charge is 2.10. The van der Waals surface area contributed by atoms with Crippen LogP contribution in [0.1, 0.15) is 12.5 Å². The Bertz CT molecular complexity index is 847. The van der Waals surface area contributed by atoms with Gasteiger partial charge in [-0.2, -0.15) is 9.36 Å². The van der Waals surface area contributed by atoms with Crippen molar-refractivity contribution in [3.05, 3.63) is 42.1 Å². The highest BCUT2D eigenvalue weighted by molar-refractivity contribution is 7.09. The lowest BCUT2D eigenvalue weighted by molar-refractivity contribution is -0.114. The molecule has 0 radical (unpaired) electrons. The molecule has 0 spiro atoms. The third-order valence-electron chi connectivity index (χ3n) is 2.94. The van der Waals surface area contributed by atoms with Crippen molar-refractivity contribution in [2.45, 2.75) is 13.8 Å². The molecule has 0 saturated carbocycles. The van der Waals surface area contributed by atoms with Gasteiger partial charge in [0.25, 0.3) is 0 Å². The first-order valence-electron chi connectivity index (χ1n) is 6.89. The lowest BCUT2D eigenvalue weighted by Gasteiger charge is -2.03. The average molecular weight is 326 g/mol. The van der Waals surface area contributed by atoms with E-state index in [1.54, 1.807) is 24.4 Å². The zero-order chi connectivity index (χ0) is 16.2. The summed E-state index contributed by atoms with van der Waals surface area (Å²) in [4.78, 5) is 24.1. The summed E-state index contributed by atoms with van der Waals surface area (Å²) < 4.78 is 4.30. The molecule has 0 aliphatic carbocycles. The predicted molar refractivity (Wildman–Crippen MR) is 89.7 cm³/mol. The Morgan fingerprint density at radius 1 is 1.17 bits per heavy atom. The summed E-state index contributed by atoms with van der Waals surface area (Å²) in [5.41, 5.74) is 1.62. The number of hydrogen-bond acceptors (Lipinski definition) is 7. The van der Waals surface area contributed by atoms with Crippen LogP contribution in [-0.4, -0.2) is 25.2 Å². The predicted octanol–water partition coefficient (Wildman–Crippen LogP) is 3.01. The molecule has 0 saturated heterocycles. The molecule has 7 nitrogen and oxygen atoms in total. The summed E-state index contributed by atoms with van der Waals surface area (Å²) in [7, 11) is 0. The van der Waals surface area contributed by atoms with Crippen LogP contribution < -0.4 is 10.6 Å². The minimum atomic E-state index is -0.172. The second kappa shape index (κ2) is 6.49. The molecule has 1 amide bonds. The van der Waals surface area contributed by atoms with Crippen molar-refractivity contribution < 1.29 is 4.79 Å². The molecule has 0 aromatic carbocycles. The fraction of sp³-hybridized carbons (Fsp3) is 0.133. The first-order valence-corrected chi connectivity index (χ1v) is 7.66. The molecule has 3 aromatic heterocycles. The van der Waals surface area contributed by atoms with Gasteiger partial charge in [-0.25, -0.2) is 9.97 Å². The van der Waals surface area contributed by atoms with E-state index in [0.29, 0.717) is 22.5 Å². The zero-order valence-corrected chi connectivity index (χ0v) is 13.4. The monoisotopic (exact) mass is 326 g/mol. The fourth-order valence-corrected chi connectivity index (χ4v) is 2.48. The molecule has 2 N–H and O–H groups in total. The Hall–Kier alpha value is -2.87. The van der Waals surface area contributed by atoms with Gasteiger partial charge >= 0.3 is 0 Å². The van der Waals surface area contributed by atoms with Crippen molar-refractivity contribution in [2.24, 2.45) is 0 Å². The van der Waals surface area contributed by atoms with E-state index in [1.807, 2.05) is 19.1 Å².